The van der Waals surface area contributed by atoms with Gasteiger partial charge in [0.15, 0.2) is 0 Å². The third-order valence-electron chi connectivity index (χ3n) is 1.37. The minimum absolute atomic E-state index is 0.360. The molecule has 0 amide bonds. The first kappa shape index (κ1) is 7.94. The molecule has 1 heterocycles. The van der Waals surface area contributed by atoms with Crippen LogP contribution in [0.25, 0.3) is 0 Å². The van der Waals surface area contributed by atoms with Crippen molar-refractivity contribution in [3.8, 4) is 0 Å². The fraction of sp³-hybridized carbons (Fsp3) is 0.429. The van der Waals surface area contributed by atoms with Gasteiger partial charge in [0.2, 0.25) is 0 Å². The van der Waals surface area contributed by atoms with Gasteiger partial charge in [0, 0.05) is 11.9 Å². The number of hydrogen-bond donors (Lipinski definition) is 2. The van der Waals surface area contributed by atoms with Crippen LogP contribution >= 0.6 is 0 Å². The fourth-order valence-corrected chi connectivity index (χ4v) is 0.745. The van der Waals surface area contributed by atoms with Crippen molar-refractivity contribution in [1.29, 1.82) is 0 Å². The van der Waals surface area contributed by atoms with E-state index in [0.29, 0.717) is 5.69 Å². The molecule has 3 N–H and O–H groups in total. The Balaban J connectivity index is 3.16. The smallest absolute Gasteiger partial charge is 0.321 e. The zero-order chi connectivity index (χ0) is 8.48. The maximum absolute atomic E-state index is 10.7. The summed E-state index contributed by atoms with van der Waals surface area (Å²) < 4.78 is 0. The Labute approximate surface area is 64.5 Å². The third kappa shape index (κ3) is 1.88. The van der Waals surface area contributed by atoms with E-state index in [9.17, 15) is 4.79 Å². The largest absolute Gasteiger partial charge is 0.345 e. The summed E-state index contributed by atoms with van der Waals surface area (Å²) in [7, 11) is 0. The van der Waals surface area contributed by atoms with E-state index in [1.165, 1.54) is 6.20 Å². The van der Waals surface area contributed by atoms with Gasteiger partial charge < -0.3 is 10.7 Å². The molecular weight excluding hydrogens is 142 g/mol. The third-order valence-corrected chi connectivity index (χ3v) is 1.37. The Morgan fingerprint density at radius 1 is 1.64 bits per heavy atom. The van der Waals surface area contributed by atoms with Gasteiger partial charge in [-0.05, 0) is 19.9 Å². The van der Waals surface area contributed by atoms with Gasteiger partial charge in [0.1, 0.15) is 0 Å². The number of hydrogen-bond acceptors (Lipinski definition) is 3. The van der Waals surface area contributed by atoms with E-state index in [0.717, 1.165) is 0 Å². The molecule has 4 heteroatoms. The predicted octanol–water partition coefficient (Wildman–Crippen LogP) is -0.0363. The molecule has 60 valence electrons. The van der Waals surface area contributed by atoms with Crippen LogP contribution in [0.2, 0.25) is 0 Å². The van der Waals surface area contributed by atoms with E-state index in [1.54, 1.807) is 6.07 Å². The van der Waals surface area contributed by atoms with Crippen molar-refractivity contribution < 1.29 is 0 Å². The first-order valence-corrected chi connectivity index (χ1v) is 3.35. The lowest BCUT2D eigenvalue weighted by Crippen LogP contribution is -2.32. The van der Waals surface area contributed by atoms with E-state index in [4.69, 9.17) is 5.73 Å². The standard InChI is InChI=1S/C7H11N3O/c1-7(2,8)5-3-4-9-6(11)10-5/h3-4H,8H2,1-2H3,(H,9,10,11). The average Bonchev–Trinajstić information content (AvgIpc) is 1.86. The molecule has 0 radical (unpaired) electrons. The predicted molar refractivity (Wildman–Crippen MR) is 42.1 cm³/mol. The molecule has 0 fully saturated rings. The Hall–Kier alpha value is -1.16. The van der Waals surface area contributed by atoms with Crippen LogP contribution in [0.4, 0.5) is 0 Å². The van der Waals surface area contributed by atoms with Gasteiger partial charge in [-0.25, -0.2) is 9.78 Å². The molecule has 11 heavy (non-hydrogen) atoms. The van der Waals surface area contributed by atoms with E-state index in [-0.39, 0.29) is 5.69 Å². The molecule has 0 saturated carbocycles. The van der Waals surface area contributed by atoms with E-state index < -0.39 is 5.54 Å². The molecule has 0 aliphatic carbocycles. The number of H-pyrrole nitrogens is 1. The van der Waals surface area contributed by atoms with Gasteiger partial charge in [-0.1, -0.05) is 0 Å². The van der Waals surface area contributed by atoms with Crippen molar-refractivity contribution in [2.45, 2.75) is 19.4 Å². The summed E-state index contributed by atoms with van der Waals surface area (Å²) in [4.78, 5) is 16.8. The zero-order valence-electron chi connectivity index (χ0n) is 6.59. The van der Waals surface area contributed by atoms with Crippen molar-refractivity contribution in [2.75, 3.05) is 0 Å². The summed E-state index contributed by atoms with van der Waals surface area (Å²) in [5.74, 6) is 0. The van der Waals surface area contributed by atoms with Crippen LogP contribution in [0.5, 0.6) is 0 Å². The fourth-order valence-electron chi connectivity index (χ4n) is 0.745. The second-order valence-corrected chi connectivity index (χ2v) is 3.01. The van der Waals surface area contributed by atoms with Crippen molar-refractivity contribution in [3.05, 3.63) is 28.4 Å². The number of nitrogens with zero attached hydrogens (tertiary/aromatic N) is 1. The van der Waals surface area contributed by atoms with Crippen molar-refractivity contribution in [2.24, 2.45) is 5.73 Å². The normalized spacial score (nSPS) is 11.5. The van der Waals surface area contributed by atoms with Gasteiger partial charge >= 0.3 is 5.69 Å². The Morgan fingerprint density at radius 3 is 2.64 bits per heavy atom. The van der Waals surface area contributed by atoms with Gasteiger partial charge in [-0.2, -0.15) is 0 Å². The van der Waals surface area contributed by atoms with Crippen LogP contribution in [-0.2, 0) is 5.54 Å². The highest BCUT2D eigenvalue weighted by atomic mass is 16.1. The molecule has 0 atom stereocenters. The Kier molecular flexibility index (Phi) is 1.78. The monoisotopic (exact) mass is 153 g/mol. The van der Waals surface area contributed by atoms with Gasteiger partial charge in [0.05, 0.1) is 5.54 Å². The molecule has 0 aromatic carbocycles. The summed E-state index contributed by atoms with van der Waals surface area (Å²) in [6.45, 7) is 3.64. The lowest BCUT2D eigenvalue weighted by atomic mass is 10.0. The molecule has 0 saturated heterocycles. The summed E-state index contributed by atoms with van der Waals surface area (Å²) in [6.07, 6.45) is 1.45. The topological polar surface area (TPSA) is 71.8 Å². The highest BCUT2D eigenvalue weighted by Crippen LogP contribution is 2.10. The molecule has 1 aromatic heterocycles. The molecule has 0 aliphatic rings. The summed E-state index contributed by atoms with van der Waals surface area (Å²) in [6, 6.07) is 1.70. The SMILES string of the molecule is CC(C)(N)c1ccnc(=O)[nH]1. The lowest BCUT2D eigenvalue weighted by Gasteiger charge is -2.17. The maximum Gasteiger partial charge on any atom is 0.345 e. The second-order valence-electron chi connectivity index (χ2n) is 3.01. The number of nitrogens with two attached hydrogens (primary N) is 1. The summed E-state index contributed by atoms with van der Waals surface area (Å²) in [5.41, 5.74) is 5.55. The first-order chi connectivity index (χ1) is 5.00. The highest BCUT2D eigenvalue weighted by Gasteiger charge is 2.14. The number of rotatable bonds is 1. The number of aromatic amines is 1. The minimum atomic E-state index is -0.512. The zero-order valence-corrected chi connectivity index (χ0v) is 6.59. The van der Waals surface area contributed by atoms with Crippen LogP contribution in [-0.4, -0.2) is 9.97 Å². The molecule has 0 spiro atoms. The molecule has 0 bridgehead atoms. The molecule has 4 nitrogen and oxygen atoms in total. The van der Waals surface area contributed by atoms with Crippen molar-refractivity contribution in [3.63, 3.8) is 0 Å². The van der Waals surface area contributed by atoms with E-state index >= 15 is 0 Å². The van der Waals surface area contributed by atoms with Crippen LogP contribution in [0.1, 0.15) is 19.5 Å². The number of aromatic nitrogens is 2. The highest BCUT2D eigenvalue weighted by molar-refractivity contribution is 5.08. The molecule has 1 aromatic rings. The number of nitrogens with one attached hydrogen (secondary N) is 1. The quantitative estimate of drug-likeness (QED) is 0.594. The van der Waals surface area contributed by atoms with Crippen LogP contribution in [0.3, 0.4) is 0 Å². The first-order valence-electron chi connectivity index (χ1n) is 3.35. The average molecular weight is 153 g/mol. The van der Waals surface area contributed by atoms with Gasteiger partial charge in [0.25, 0.3) is 0 Å². The van der Waals surface area contributed by atoms with E-state index in [1.807, 2.05) is 13.8 Å². The van der Waals surface area contributed by atoms with Crippen LogP contribution in [0, 0.1) is 0 Å². The summed E-state index contributed by atoms with van der Waals surface area (Å²) in [5, 5.41) is 0. The van der Waals surface area contributed by atoms with Gasteiger partial charge in [-0.3, -0.25) is 0 Å². The maximum atomic E-state index is 10.7. The Bertz CT molecular complexity index is 297. The minimum Gasteiger partial charge on any atom is -0.321 e. The molecule has 1 rings (SSSR count). The molecular formula is C7H11N3O. The summed E-state index contributed by atoms with van der Waals surface area (Å²) >= 11 is 0. The van der Waals surface area contributed by atoms with Crippen molar-refractivity contribution in [1.82, 2.24) is 9.97 Å². The molecule has 0 unspecified atom stereocenters. The Morgan fingerprint density at radius 2 is 2.27 bits per heavy atom. The van der Waals surface area contributed by atoms with Crippen LogP contribution in [0.15, 0.2) is 17.1 Å². The van der Waals surface area contributed by atoms with Crippen LogP contribution < -0.4 is 11.4 Å². The second kappa shape index (κ2) is 2.47. The van der Waals surface area contributed by atoms with Gasteiger partial charge in [-0.15, -0.1) is 0 Å². The lowest BCUT2D eigenvalue weighted by molar-refractivity contribution is 0.531. The molecule has 0 aliphatic heterocycles. The van der Waals surface area contributed by atoms with Crippen molar-refractivity contribution >= 4 is 0 Å². The van der Waals surface area contributed by atoms with E-state index in [2.05, 4.69) is 9.97 Å².